The lowest BCUT2D eigenvalue weighted by atomic mass is 9.83. The van der Waals surface area contributed by atoms with Gasteiger partial charge in [0.15, 0.2) is 0 Å². The first-order valence-electron chi connectivity index (χ1n) is 8.13. The molecule has 1 aliphatic heterocycles. The Morgan fingerprint density at radius 2 is 1.95 bits per heavy atom. The van der Waals surface area contributed by atoms with E-state index >= 15 is 0 Å². The fourth-order valence-electron chi connectivity index (χ4n) is 3.49. The zero-order valence-corrected chi connectivity index (χ0v) is 12.5. The monoisotopic (exact) mass is 271 g/mol. The number of likely N-dealkylation sites (tertiary alicyclic amines) is 1. The highest BCUT2D eigenvalue weighted by atomic mass is 16.2. The molecular formula is C18H25NO. The molecule has 1 aliphatic carbocycles. The summed E-state index contributed by atoms with van der Waals surface area (Å²) in [4.78, 5) is 14.9. The predicted molar refractivity (Wildman–Crippen MR) is 81.4 cm³/mol. The molecule has 3 rings (SSSR count). The summed E-state index contributed by atoms with van der Waals surface area (Å²) in [5.74, 6) is 0.741. The lowest BCUT2D eigenvalue weighted by Gasteiger charge is -2.36. The Morgan fingerprint density at radius 3 is 2.65 bits per heavy atom. The van der Waals surface area contributed by atoms with Gasteiger partial charge in [-0.15, -0.1) is 0 Å². The van der Waals surface area contributed by atoms with Gasteiger partial charge in [0.05, 0.1) is 6.04 Å². The number of nitrogens with zero attached hydrogens (tertiary/aromatic N) is 1. The van der Waals surface area contributed by atoms with Crippen molar-refractivity contribution < 1.29 is 4.79 Å². The van der Waals surface area contributed by atoms with E-state index in [0.29, 0.717) is 17.9 Å². The van der Waals surface area contributed by atoms with Crippen molar-refractivity contribution in [3.05, 3.63) is 35.4 Å². The maximum atomic E-state index is 12.7. The lowest BCUT2D eigenvalue weighted by molar-refractivity contribution is -0.140. The molecule has 2 fully saturated rings. The molecule has 0 aromatic heterocycles. The van der Waals surface area contributed by atoms with Gasteiger partial charge in [0.25, 0.3) is 0 Å². The number of carbonyl (C=O) groups excluding carboxylic acids is 1. The number of carbonyl (C=O) groups is 1. The van der Waals surface area contributed by atoms with Crippen molar-refractivity contribution in [3.8, 4) is 0 Å². The van der Waals surface area contributed by atoms with Crippen molar-refractivity contribution in [2.24, 2.45) is 5.92 Å². The summed E-state index contributed by atoms with van der Waals surface area (Å²) in [7, 11) is 0. The smallest absolute Gasteiger partial charge is 0.226 e. The molecule has 0 N–H and O–H groups in total. The molecule has 2 heteroatoms. The van der Waals surface area contributed by atoms with E-state index in [1.807, 2.05) is 0 Å². The number of hydrogen-bond acceptors (Lipinski definition) is 1. The molecule has 1 saturated carbocycles. The molecule has 0 spiro atoms. The molecule has 2 nitrogen and oxygen atoms in total. The highest BCUT2D eigenvalue weighted by Crippen LogP contribution is 2.35. The van der Waals surface area contributed by atoms with Gasteiger partial charge in [-0.05, 0) is 38.2 Å². The summed E-state index contributed by atoms with van der Waals surface area (Å²) in [6.07, 6.45) is 8.25. The fourth-order valence-corrected chi connectivity index (χ4v) is 3.49. The number of amides is 1. The first-order chi connectivity index (χ1) is 9.75. The van der Waals surface area contributed by atoms with Gasteiger partial charge in [0, 0.05) is 12.5 Å². The number of benzene rings is 1. The summed E-state index contributed by atoms with van der Waals surface area (Å²) in [6, 6.07) is 9.03. The van der Waals surface area contributed by atoms with E-state index < -0.39 is 0 Å². The van der Waals surface area contributed by atoms with Crippen molar-refractivity contribution in [3.63, 3.8) is 0 Å². The van der Waals surface area contributed by atoms with Crippen LogP contribution >= 0.6 is 0 Å². The van der Waals surface area contributed by atoms with E-state index in [1.54, 1.807) is 0 Å². The Morgan fingerprint density at radius 1 is 1.10 bits per heavy atom. The minimum atomic E-state index is 0.311. The van der Waals surface area contributed by atoms with E-state index in [1.165, 1.54) is 36.8 Å². The van der Waals surface area contributed by atoms with Crippen LogP contribution in [0.25, 0.3) is 0 Å². The predicted octanol–water partition coefficient (Wildman–Crippen LogP) is 4.24. The number of hydrogen-bond donors (Lipinski definition) is 0. The average molecular weight is 271 g/mol. The molecule has 0 bridgehead atoms. The molecule has 1 amide bonds. The van der Waals surface area contributed by atoms with Gasteiger partial charge in [0.1, 0.15) is 0 Å². The van der Waals surface area contributed by atoms with E-state index in [2.05, 4.69) is 36.1 Å². The van der Waals surface area contributed by atoms with Gasteiger partial charge < -0.3 is 4.90 Å². The van der Waals surface area contributed by atoms with Crippen LogP contribution in [0.1, 0.15) is 62.1 Å². The summed E-state index contributed by atoms with van der Waals surface area (Å²) in [5, 5.41) is 0. The van der Waals surface area contributed by atoms with E-state index in [9.17, 15) is 4.79 Å². The van der Waals surface area contributed by atoms with Gasteiger partial charge >= 0.3 is 0 Å². The second-order valence-corrected chi connectivity index (χ2v) is 6.44. The highest BCUT2D eigenvalue weighted by molar-refractivity contribution is 5.80. The molecule has 1 atom stereocenters. The highest BCUT2D eigenvalue weighted by Gasteiger charge is 2.34. The maximum absolute atomic E-state index is 12.7. The SMILES string of the molecule is Cc1cccc(C2CCCCCN2C(=O)C2CCC2)c1. The van der Waals surface area contributed by atoms with Crippen LogP contribution < -0.4 is 0 Å². The Balaban J connectivity index is 1.85. The van der Waals surface area contributed by atoms with Crippen molar-refractivity contribution >= 4 is 5.91 Å². The Kier molecular flexibility index (Phi) is 4.09. The van der Waals surface area contributed by atoms with Crippen LogP contribution in [0.5, 0.6) is 0 Å². The lowest BCUT2D eigenvalue weighted by Crippen LogP contribution is -2.41. The standard InChI is InChI=1S/C18H25NO/c1-14-7-5-10-16(13-14)17-11-3-2-4-12-19(17)18(20)15-8-6-9-15/h5,7,10,13,15,17H,2-4,6,8-9,11-12H2,1H3. The second-order valence-electron chi connectivity index (χ2n) is 6.44. The van der Waals surface area contributed by atoms with Crippen LogP contribution in [0.15, 0.2) is 24.3 Å². The quantitative estimate of drug-likeness (QED) is 0.788. The van der Waals surface area contributed by atoms with Crippen molar-refractivity contribution in [2.75, 3.05) is 6.54 Å². The van der Waals surface area contributed by atoms with Crippen molar-refractivity contribution in [1.82, 2.24) is 4.90 Å². The van der Waals surface area contributed by atoms with Gasteiger partial charge in [-0.2, -0.15) is 0 Å². The van der Waals surface area contributed by atoms with Crippen LogP contribution in [0.2, 0.25) is 0 Å². The van der Waals surface area contributed by atoms with E-state index in [4.69, 9.17) is 0 Å². The van der Waals surface area contributed by atoms with Gasteiger partial charge in [-0.25, -0.2) is 0 Å². The zero-order valence-electron chi connectivity index (χ0n) is 12.5. The van der Waals surface area contributed by atoms with E-state index in [0.717, 1.165) is 25.8 Å². The molecule has 1 saturated heterocycles. The number of rotatable bonds is 2. The van der Waals surface area contributed by atoms with Crippen LogP contribution in [-0.2, 0) is 4.79 Å². The molecule has 0 radical (unpaired) electrons. The van der Waals surface area contributed by atoms with Gasteiger partial charge in [-0.1, -0.05) is 49.1 Å². The van der Waals surface area contributed by atoms with Crippen LogP contribution in [0.3, 0.4) is 0 Å². The van der Waals surface area contributed by atoms with Crippen LogP contribution in [0, 0.1) is 12.8 Å². The van der Waals surface area contributed by atoms with Gasteiger partial charge in [-0.3, -0.25) is 4.79 Å². The molecule has 1 aromatic carbocycles. The molecule has 1 unspecified atom stereocenters. The third-order valence-electron chi connectivity index (χ3n) is 4.92. The summed E-state index contributed by atoms with van der Waals surface area (Å²) in [6.45, 7) is 3.09. The average Bonchev–Trinajstić information content (AvgIpc) is 2.62. The minimum Gasteiger partial charge on any atom is -0.335 e. The fraction of sp³-hybridized carbons (Fsp3) is 0.611. The van der Waals surface area contributed by atoms with Crippen molar-refractivity contribution in [2.45, 2.75) is 57.9 Å². The summed E-state index contributed by atoms with van der Waals surface area (Å²) >= 11 is 0. The van der Waals surface area contributed by atoms with Crippen LogP contribution in [-0.4, -0.2) is 17.4 Å². The number of aryl methyl sites for hydroxylation is 1. The molecule has 1 heterocycles. The van der Waals surface area contributed by atoms with E-state index in [-0.39, 0.29) is 0 Å². The summed E-state index contributed by atoms with van der Waals surface area (Å²) in [5.41, 5.74) is 2.63. The van der Waals surface area contributed by atoms with Gasteiger partial charge in [0.2, 0.25) is 5.91 Å². The largest absolute Gasteiger partial charge is 0.335 e. The first-order valence-corrected chi connectivity index (χ1v) is 8.13. The molecule has 1 aromatic rings. The van der Waals surface area contributed by atoms with Crippen LogP contribution in [0.4, 0.5) is 0 Å². The Labute approximate surface area is 122 Å². The molecule has 20 heavy (non-hydrogen) atoms. The summed E-state index contributed by atoms with van der Waals surface area (Å²) < 4.78 is 0. The molecular weight excluding hydrogens is 246 g/mol. The Hall–Kier alpha value is -1.31. The molecule has 108 valence electrons. The third-order valence-corrected chi connectivity index (χ3v) is 4.92. The van der Waals surface area contributed by atoms with Crippen molar-refractivity contribution in [1.29, 1.82) is 0 Å². The zero-order chi connectivity index (χ0) is 13.9. The second kappa shape index (κ2) is 5.99. The minimum absolute atomic E-state index is 0.311. The first kappa shape index (κ1) is 13.7. The molecule has 2 aliphatic rings. The topological polar surface area (TPSA) is 20.3 Å². The third kappa shape index (κ3) is 2.74. The Bertz CT molecular complexity index is 478. The maximum Gasteiger partial charge on any atom is 0.226 e. The normalized spacial score (nSPS) is 24.1.